The van der Waals surface area contributed by atoms with E-state index >= 15 is 0 Å². The molecule has 0 unspecified atom stereocenters. The van der Waals surface area contributed by atoms with Gasteiger partial charge >= 0.3 is 0 Å². The quantitative estimate of drug-likeness (QED) is 0.287. The fraction of sp³-hybridized carbons (Fsp3) is 0.172. The monoisotopic (exact) mass is 539 g/mol. The number of nitrogens with zero attached hydrogens (tertiary/aromatic N) is 5. The first-order valence-electron chi connectivity index (χ1n) is 12.6. The van der Waals surface area contributed by atoms with Gasteiger partial charge in [-0.1, -0.05) is 60.7 Å². The number of fused-ring (bicyclic) bond motifs is 1. The van der Waals surface area contributed by atoms with Crippen molar-refractivity contribution in [3.8, 4) is 22.8 Å². The van der Waals surface area contributed by atoms with Crippen LogP contribution in [0, 0.1) is 0 Å². The molecule has 0 N–H and O–H groups in total. The molecule has 0 amide bonds. The highest BCUT2D eigenvalue weighted by Crippen LogP contribution is 2.32. The van der Waals surface area contributed by atoms with Crippen molar-refractivity contribution >= 4 is 32.9 Å². The van der Waals surface area contributed by atoms with Gasteiger partial charge in [-0.15, -0.1) is 0 Å². The van der Waals surface area contributed by atoms with Crippen LogP contribution in [0.5, 0.6) is 0 Å². The third-order valence-corrected chi connectivity index (χ3v) is 8.64. The minimum absolute atomic E-state index is 0.110. The zero-order valence-corrected chi connectivity index (χ0v) is 22.0. The Labute approximate surface area is 225 Å². The summed E-state index contributed by atoms with van der Waals surface area (Å²) in [4.78, 5) is 28.0. The molecule has 6 rings (SSSR count). The van der Waals surface area contributed by atoms with Gasteiger partial charge in [-0.2, -0.15) is 9.29 Å². The molecule has 0 atom stereocenters. The number of sulfonamides is 1. The molecule has 1 aliphatic heterocycles. The van der Waals surface area contributed by atoms with E-state index in [2.05, 4.69) is 9.97 Å². The normalized spacial score (nSPS) is 14.5. The van der Waals surface area contributed by atoms with Crippen molar-refractivity contribution in [1.29, 1.82) is 0 Å². The fourth-order valence-corrected chi connectivity index (χ4v) is 6.02. The summed E-state index contributed by atoms with van der Waals surface area (Å²) in [6.07, 6.45) is 0. The first-order valence-corrected chi connectivity index (χ1v) is 14.0. The van der Waals surface area contributed by atoms with Gasteiger partial charge in [-0.05, 0) is 31.2 Å². The van der Waals surface area contributed by atoms with Crippen molar-refractivity contribution in [2.75, 3.05) is 31.1 Å². The van der Waals surface area contributed by atoms with E-state index in [1.165, 1.54) is 23.4 Å². The number of hydrogen-bond acceptors (Lipinski definition) is 8. The maximum Gasteiger partial charge on any atom is 0.243 e. The number of piperazine rings is 1. The number of hydrogen-bond donors (Lipinski definition) is 0. The summed E-state index contributed by atoms with van der Waals surface area (Å²) >= 11 is 0. The lowest BCUT2D eigenvalue weighted by Gasteiger charge is -2.34. The van der Waals surface area contributed by atoms with E-state index in [-0.39, 0.29) is 23.8 Å². The van der Waals surface area contributed by atoms with E-state index in [1.54, 1.807) is 12.1 Å². The lowest BCUT2D eigenvalue weighted by atomic mass is 10.2. The Morgan fingerprint density at radius 2 is 1.38 bits per heavy atom. The molecule has 3 heterocycles. The first kappa shape index (κ1) is 24.9. The maximum atomic E-state index is 13.3. The molecule has 10 heteroatoms. The van der Waals surface area contributed by atoms with Crippen molar-refractivity contribution in [1.82, 2.24) is 19.3 Å². The minimum Gasteiger partial charge on any atom is -0.430 e. The molecule has 0 bridgehead atoms. The topological polar surface area (TPSA) is 110 Å². The number of ketones is 1. The smallest absolute Gasteiger partial charge is 0.243 e. The predicted molar refractivity (Wildman–Crippen MR) is 148 cm³/mol. The number of oxazole rings is 1. The summed E-state index contributed by atoms with van der Waals surface area (Å²) in [6, 6.07) is 25.3. The Balaban J connectivity index is 1.32. The maximum absolute atomic E-state index is 13.3. The summed E-state index contributed by atoms with van der Waals surface area (Å²) in [6.45, 7) is 2.80. The van der Waals surface area contributed by atoms with Gasteiger partial charge in [0.1, 0.15) is 0 Å². The van der Waals surface area contributed by atoms with E-state index in [4.69, 9.17) is 9.40 Å². The van der Waals surface area contributed by atoms with E-state index in [0.29, 0.717) is 47.4 Å². The Hall–Kier alpha value is -4.41. The number of anilines is 1. The second-order valence-corrected chi connectivity index (χ2v) is 11.2. The molecule has 39 heavy (non-hydrogen) atoms. The van der Waals surface area contributed by atoms with E-state index in [1.807, 2.05) is 65.6 Å². The summed E-state index contributed by atoms with van der Waals surface area (Å²) < 4.78 is 34.2. The van der Waals surface area contributed by atoms with E-state index in [0.717, 1.165) is 11.1 Å². The Morgan fingerprint density at radius 1 is 0.769 bits per heavy atom. The van der Waals surface area contributed by atoms with Crippen LogP contribution in [-0.4, -0.2) is 59.6 Å². The summed E-state index contributed by atoms with van der Waals surface area (Å²) in [5.74, 6) is 1.44. The zero-order chi connectivity index (χ0) is 27.0. The largest absolute Gasteiger partial charge is 0.430 e. The van der Waals surface area contributed by atoms with Crippen LogP contribution in [0.1, 0.15) is 17.3 Å². The van der Waals surface area contributed by atoms with Crippen molar-refractivity contribution in [3.63, 3.8) is 0 Å². The van der Waals surface area contributed by atoms with Crippen LogP contribution >= 0.6 is 0 Å². The van der Waals surface area contributed by atoms with E-state index < -0.39 is 10.0 Å². The molecule has 196 valence electrons. The molecule has 2 aromatic heterocycles. The molecule has 1 aliphatic rings. The van der Waals surface area contributed by atoms with Gasteiger partial charge < -0.3 is 9.32 Å². The van der Waals surface area contributed by atoms with Gasteiger partial charge in [-0.3, -0.25) is 4.79 Å². The van der Waals surface area contributed by atoms with Crippen molar-refractivity contribution < 1.29 is 17.6 Å². The number of benzene rings is 3. The highest BCUT2D eigenvalue weighted by molar-refractivity contribution is 7.89. The first-order chi connectivity index (χ1) is 18.9. The third-order valence-electron chi connectivity index (χ3n) is 6.73. The van der Waals surface area contributed by atoms with Gasteiger partial charge in [-0.25, -0.2) is 18.4 Å². The number of rotatable bonds is 6. The van der Waals surface area contributed by atoms with Crippen molar-refractivity contribution in [3.05, 3.63) is 90.5 Å². The second kappa shape index (κ2) is 10.0. The molecule has 1 saturated heterocycles. The second-order valence-electron chi connectivity index (χ2n) is 9.25. The molecule has 3 aromatic carbocycles. The lowest BCUT2D eigenvalue weighted by Crippen LogP contribution is -2.49. The van der Waals surface area contributed by atoms with Crippen LogP contribution in [0.15, 0.2) is 94.2 Å². The van der Waals surface area contributed by atoms with Crippen molar-refractivity contribution in [2.24, 2.45) is 0 Å². The Morgan fingerprint density at radius 3 is 2.00 bits per heavy atom. The molecule has 1 fully saturated rings. The minimum atomic E-state index is -3.71. The molecule has 0 spiro atoms. The van der Waals surface area contributed by atoms with Gasteiger partial charge in [0.2, 0.25) is 27.1 Å². The van der Waals surface area contributed by atoms with Crippen LogP contribution in [0.25, 0.3) is 34.1 Å². The van der Waals surface area contributed by atoms with Crippen LogP contribution in [-0.2, 0) is 10.0 Å². The molecular formula is C29H25N5O4S. The van der Waals surface area contributed by atoms with Gasteiger partial charge in [0.25, 0.3) is 0 Å². The molecule has 5 aromatic rings. The summed E-state index contributed by atoms with van der Waals surface area (Å²) in [5.41, 5.74) is 3.06. The van der Waals surface area contributed by atoms with Crippen LogP contribution in [0.4, 0.5) is 5.82 Å². The number of Topliss-reactive ketones (excluding diaryl/α,β-unsaturated/α-hetero) is 1. The average Bonchev–Trinajstić information content (AvgIpc) is 3.42. The van der Waals surface area contributed by atoms with Crippen LogP contribution < -0.4 is 4.90 Å². The Bertz CT molecular complexity index is 1750. The average molecular weight is 540 g/mol. The highest BCUT2D eigenvalue weighted by atomic mass is 32.2. The number of carbonyl (C=O) groups excluding carboxylic acids is 1. The molecule has 9 nitrogen and oxygen atoms in total. The number of carbonyl (C=O) groups is 1. The zero-order valence-electron chi connectivity index (χ0n) is 21.2. The van der Waals surface area contributed by atoms with Gasteiger partial charge in [0.15, 0.2) is 17.4 Å². The van der Waals surface area contributed by atoms with Crippen molar-refractivity contribution in [2.45, 2.75) is 11.8 Å². The molecule has 0 aliphatic carbocycles. The molecule has 0 radical (unpaired) electrons. The van der Waals surface area contributed by atoms with Gasteiger partial charge in [0.05, 0.1) is 4.90 Å². The molecule has 0 saturated carbocycles. The highest BCUT2D eigenvalue weighted by Gasteiger charge is 2.31. The third kappa shape index (κ3) is 4.80. The van der Waals surface area contributed by atoms with E-state index in [9.17, 15) is 13.2 Å². The predicted octanol–water partition coefficient (Wildman–Crippen LogP) is 4.67. The standard InChI is InChI=1S/C29H25N5O4S/c1-20(35)21-12-14-24(15-13-21)39(36,37)34-18-16-33(17-19-34)28-25-27(30-26(31-28)22-8-4-2-5-9-22)32-29(38-25)23-10-6-3-7-11-23/h2-15H,16-19H2,1H3. The summed E-state index contributed by atoms with van der Waals surface area (Å²) in [7, 11) is -3.71. The SMILES string of the molecule is CC(=O)c1ccc(S(=O)(=O)N2CCN(c3nc(-c4ccccc4)nc4nc(-c5ccccc5)oc34)CC2)cc1. The van der Waals surface area contributed by atoms with Gasteiger partial charge in [0, 0.05) is 42.9 Å². The fourth-order valence-electron chi connectivity index (χ4n) is 4.60. The Kier molecular flexibility index (Phi) is 6.41. The van der Waals surface area contributed by atoms with Crippen LogP contribution in [0.3, 0.4) is 0 Å². The number of aromatic nitrogens is 3. The summed E-state index contributed by atoms with van der Waals surface area (Å²) in [5, 5.41) is 0. The molecular weight excluding hydrogens is 514 g/mol. The lowest BCUT2D eigenvalue weighted by molar-refractivity contribution is 0.101. The van der Waals surface area contributed by atoms with Crippen LogP contribution in [0.2, 0.25) is 0 Å².